The molecular weight excluding hydrogens is 414 g/mol. The van der Waals surface area contributed by atoms with E-state index in [1.165, 1.54) is 14.0 Å². The quantitative estimate of drug-likeness (QED) is 0.649. The maximum absolute atomic E-state index is 12.5. The Morgan fingerprint density at radius 2 is 2.07 bits per heavy atom. The van der Waals surface area contributed by atoms with Gasteiger partial charge in [-0.1, -0.05) is 6.07 Å². The van der Waals surface area contributed by atoms with Crippen LogP contribution in [0.15, 0.2) is 29.4 Å². The van der Waals surface area contributed by atoms with Crippen molar-refractivity contribution in [2.75, 3.05) is 23.9 Å². The van der Waals surface area contributed by atoms with Gasteiger partial charge < -0.3 is 14.8 Å². The summed E-state index contributed by atoms with van der Waals surface area (Å²) in [5.41, 5.74) is 0.469. The molecule has 1 saturated heterocycles. The zero-order valence-electron chi connectivity index (χ0n) is 16.7. The van der Waals surface area contributed by atoms with Gasteiger partial charge in [0.2, 0.25) is 5.91 Å². The van der Waals surface area contributed by atoms with Gasteiger partial charge in [0.25, 0.3) is 5.91 Å². The minimum atomic E-state index is -3.21. The topological polar surface area (TPSA) is 131 Å². The number of carbonyl (C=O) groups is 3. The normalized spacial score (nSPS) is 21.5. The lowest BCUT2D eigenvalue weighted by molar-refractivity contribution is -0.147. The number of hydrazone groups is 1. The molecule has 2 aliphatic heterocycles. The molecule has 1 N–H and O–H groups in total. The highest BCUT2D eigenvalue weighted by Gasteiger charge is 2.37. The molecule has 2 amide bonds. The second kappa shape index (κ2) is 8.82. The Labute approximate surface area is 174 Å². The average molecular weight is 437 g/mol. The third kappa shape index (κ3) is 5.15. The van der Waals surface area contributed by atoms with Crippen molar-refractivity contribution in [3.8, 4) is 5.75 Å². The molecule has 1 aromatic carbocycles. The molecule has 0 aliphatic carbocycles. The second-order valence-corrected chi connectivity index (χ2v) is 9.34. The van der Waals surface area contributed by atoms with Crippen molar-refractivity contribution < 1.29 is 32.3 Å². The number of sulfone groups is 1. The number of nitrogens with one attached hydrogen (secondary N) is 1. The van der Waals surface area contributed by atoms with E-state index in [1.807, 2.05) is 0 Å². The number of hydrogen-bond donors (Lipinski definition) is 1. The number of nitrogens with zero attached hydrogens (tertiary/aromatic N) is 2. The number of esters is 1. The lowest BCUT2D eigenvalue weighted by Crippen LogP contribution is -2.42. The predicted molar refractivity (Wildman–Crippen MR) is 108 cm³/mol. The van der Waals surface area contributed by atoms with Gasteiger partial charge in [0, 0.05) is 24.6 Å². The van der Waals surface area contributed by atoms with Gasteiger partial charge in [-0.15, -0.1) is 0 Å². The highest BCUT2D eigenvalue weighted by molar-refractivity contribution is 7.91. The Bertz CT molecular complexity index is 990. The van der Waals surface area contributed by atoms with Crippen LogP contribution in [0, 0.1) is 0 Å². The minimum Gasteiger partial charge on any atom is -0.497 e. The number of amides is 2. The Balaban J connectivity index is 1.63. The molecule has 30 heavy (non-hydrogen) atoms. The number of methoxy groups -OCH3 is 1. The summed E-state index contributed by atoms with van der Waals surface area (Å²) in [7, 11) is -1.71. The molecule has 11 heteroatoms. The van der Waals surface area contributed by atoms with Crippen LogP contribution in [0.2, 0.25) is 0 Å². The maximum atomic E-state index is 12.5. The average Bonchev–Trinajstić information content (AvgIpc) is 3.07. The monoisotopic (exact) mass is 437 g/mol. The Hall–Kier alpha value is -2.95. The van der Waals surface area contributed by atoms with E-state index >= 15 is 0 Å². The molecule has 0 radical (unpaired) electrons. The Morgan fingerprint density at radius 3 is 2.73 bits per heavy atom. The molecule has 2 heterocycles. The number of ether oxygens (including phenoxy) is 2. The molecule has 1 fully saturated rings. The summed E-state index contributed by atoms with van der Waals surface area (Å²) in [5.74, 6) is -1.32. The van der Waals surface area contributed by atoms with Gasteiger partial charge in [-0.25, -0.2) is 18.2 Å². The molecule has 0 spiro atoms. The van der Waals surface area contributed by atoms with Crippen LogP contribution < -0.4 is 10.1 Å². The van der Waals surface area contributed by atoms with E-state index in [9.17, 15) is 22.8 Å². The molecule has 1 aromatic rings. The van der Waals surface area contributed by atoms with Crippen molar-refractivity contribution in [3.63, 3.8) is 0 Å². The van der Waals surface area contributed by atoms with Gasteiger partial charge in [-0.05, 0) is 25.5 Å². The zero-order chi connectivity index (χ0) is 21.9. The standard InChI is InChI=1S/C19H23N3O7S/c1-12(18(24)20-13-4-3-5-15(10-13)28-2)29-19(25)16-6-7-17(23)22(21-16)14-8-9-30(26,27)11-14/h3-5,10,12,14H,6-9,11H2,1-2H3,(H,20,24). The van der Waals surface area contributed by atoms with Crippen LogP contribution in [-0.4, -0.2) is 67.7 Å². The summed E-state index contributed by atoms with van der Waals surface area (Å²) in [6, 6.07) is 6.13. The summed E-state index contributed by atoms with van der Waals surface area (Å²) in [4.78, 5) is 36.9. The van der Waals surface area contributed by atoms with Crippen LogP contribution in [0.1, 0.15) is 26.2 Å². The van der Waals surface area contributed by atoms with E-state index < -0.39 is 33.9 Å². The van der Waals surface area contributed by atoms with E-state index in [4.69, 9.17) is 9.47 Å². The molecule has 0 saturated carbocycles. The highest BCUT2D eigenvalue weighted by atomic mass is 32.2. The summed E-state index contributed by atoms with van der Waals surface area (Å²) >= 11 is 0. The van der Waals surface area contributed by atoms with Gasteiger partial charge in [-0.3, -0.25) is 9.59 Å². The van der Waals surface area contributed by atoms with E-state index in [0.717, 1.165) is 5.01 Å². The summed E-state index contributed by atoms with van der Waals surface area (Å²) in [6.07, 6.45) is -0.740. The van der Waals surface area contributed by atoms with E-state index in [2.05, 4.69) is 10.4 Å². The molecule has 0 bridgehead atoms. The molecule has 2 aliphatic rings. The van der Waals surface area contributed by atoms with Crippen molar-refractivity contribution in [3.05, 3.63) is 24.3 Å². The molecule has 2 unspecified atom stereocenters. The minimum absolute atomic E-state index is 0.0140. The van der Waals surface area contributed by atoms with Gasteiger partial charge in [0.1, 0.15) is 11.5 Å². The number of anilines is 1. The smallest absolute Gasteiger partial charge is 0.355 e. The molecule has 2 atom stereocenters. The van der Waals surface area contributed by atoms with Crippen molar-refractivity contribution in [2.24, 2.45) is 5.10 Å². The van der Waals surface area contributed by atoms with E-state index in [1.54, 1.807) is 24.3 Å². The first-order valence-electron chi connectivity index (χ1n) is 9.44. The van der Waals surface area contributed by atoms with E-state index in [-0.39, 0.29) is 42.4 Å². The first kappa shape index (κ1) is 21.8. The van der Waals surface area contributed by atoms with Gasteiger partial charge in [0.05, 0.1) is 24.7 Å². The van der Waals surface area contributed by atoms with Crippen LogP contribution >= 0.6 is 0 Å². The molecule has 0 aromatic heterocycles. The Morgan fingerprint density at radius 1 is 1.30 bits per heavy atom. The fourth-order valence-electron chi connectivity index (χ4n) is 3.20. The summed E-state index contributed by atoms with van der Waals surface area (Å²) in [5, 5.41) is 7.74. The third-order valence-electron chi connectivity index (χ3n) is 4.84. The number of rotatable bonds is 6. The SMILES string of the molecule is COc1cccc(NC(=O)C(C)OC(=O)C2=NN(C3CCS(=O)(=O)C3)C(=O)CC2)c1. The van der Waals surface area contributed by atoms with Gasteiger partial charge >= 0.3 is 5.97 Å². The van der Waals surface area contributed by atoms with Crippen LogP contribution in [0.5, 0.6) is 5.75 Å². The van der Waals surface area contributed by atoms with E-state index in [0.29, 0.717) is 11.4 Å². The van der Waals surface area contributed by atoms with Crippen LogP contribution in [-0.2, 0) is 29.0 Å². The molecular formula is C19H23N3O7S. The summed E-state index contributed by atoms with van der Waals surface area (Å²) in [6.45, 7) is 1.42. The Kier molecular flexibility index (Phi) is 6.40. The fourth-order valence-corrected chi connectivity index (χ4v) is 4.89. The van der Waals surface area contributed by atoms with Crippen molar-refractivity contribution in [2.45, 2.75) is 38.3 Å². The van der Waals surface area contributed by atoms with Crippen LogP contribution in [0.4, 0.5) is 5.69 Å². The molecule has 162 valence electrons. The highest BCUT2D eigenvalue weighted by Crippen LogP contribution is 2.22. The number of benzene rings is 1. The first-order valence-corrected chi connectivity index (χ1v) is 11.3. The molecule has 10 nitrogen and oxygen atoms in total. The van der Waals surface area contributed by atoms with Crippen molar-refractivity contribution in [1.82, 2.24) is 5.01 Å². The van der Waals surface area contributed by atoms with Crippen molar-refractivity contribution >= 4 is 39.0 Å². The van der Waals surface area contributed by atoms with Crippen LogP contribution in [0.3, 0.4) is 0 Å². The van der Waals surface area contributed by atoms with Gasteiger partial charge in [-0.2, -0.15) is 5.10 Å². The number of carbonyl (C=O) groups excluding carboxylic acids is 3. The summed E-state index contributed by atoms with van der Waals surface area (Å²) < 4.78 is 33.7. The van der Waals surface area contributed by atoms with Crippen LogP contribution in [0.25, 0.3) is 0 Å². The first-order chi connectivity index (χ1) is 14.2. The van der Waals surface area contributed by atoms with Gasteiger partial charge in [0.15, 0.2) is 15.9 Å². The zero-order valence-corrected chi connectivity index (χ0v) is 17.5. The number of hydrogen-bond acceptors (Lipinski definition) is 8. The second-order valence-electron chi connectivity index (χ2n) is 7.11. The van der Waals surface area contributed by atoms with Crippen molar-refractivity contribution in [1.29, 1.82) is 0 Å². The predicted octanol–water partition coefficient (Wildman–Crippen LogP) is 0.731. The third-order valence-corrected chi connectivity index (χ3v) is 6.59. The fraction of sp³-hybridized carbons (Fsp3) is 0.474. The largest absolute Gasteiger partial charge is 0.497 e. The lowest BCUT2D eigenvalue weighted by atomic mass is 10.1. The lowest BCUT2D eigenvalue weighted by Gasteiger charge is -2.27. The molecule has 3 rings (SSSR count). The maximum Gasteiger partial charge on any atom is 0.355 e.